The Morgan fingerprint density at radius 1 is 1.12 bits per heavy atom. The predicted octanol–water partition coefficient (Wildman–Crippen LogP) is 3.86. The molecule has 88 valence electrons. The van der Waals surface area contributed by atoms with E-state index in [0.29, 0.717) is 5.56 Å². The first-order valence-electron chi connectivity index (χ1n) is 5.34. The van der Waals surface area contributed by atoms with Crippen LogP contribution in [0, 0.1) is 5.82 Å². The third-order valence-corrected chi connectivity index (χ3v) is 3.10. The summed E-state index contributed by atoms with van der Waals surface area (Å²) in [7, 11) is 0. The fourth-order valence-corrected chi connectivity index (χ4v) is 2.12. The van der Waals surface area contributed by atoms with E-state index in [2.05, 4.69) is 15.9 Å². The molecular formula is C14H12BrFO. The number of benzene rings is 2. The minimum atomic E-state index is -0.690. The molecule has 1 nitrogen and oxygen atoms in total. The lowest BCUT2D eigenvalue weighted by molar-refractivity contribution is 0.177. The summed E-state index contributed by atoms with van der Waals surface area (Å²) in [6, 6.07) is 13.9. The quantitative estimate of drug-likeness (QED) is 0.911. The standard InChI is InChI=1S/C14H12BrFO/c15-12-6-3-5-11(8-12)14(17)9-10-4-1-2-7-13(10)16/h1-8,14,17H,9H2. The molecule has 1 unspecified atom stereocenters. The summed E-state index contributed by atoms with van der Waals surface area (Å²) in [5.41, 5.74) is 1.31. The predicted molar refractivity (Wildman–Crippen MR) is 69.2 cm³/mol. The molecule has 0 saturated heterocycles. The average molecular weight is 295 g/mol. The van der Waals surface area contributed by atoms with Crippen LogP contribution in [0.5, 0.6) is 0 Å². The summed E-state index contributed by atoms with van der Waals surface area (Å²) < 4.78 is 14.3. The highest BCUT2D eigenvalue weighted by Crippen LogP contribution is 2.22. The molecule has 0 radical (unpaired) electrons. The first kappa shape index (κ1) is 12.3. The lowest BCUT2D eigenvalue weighted by Gasteiger charge is -2.12. The molecule has 0 aliphatic carbocycles. The zero-order chi connectivity index (χ0) is 12.3. The minimum Gasteiger partial charge on any atom is -0.388 e. The summed E-state index contributed by atoms with van der Waals surface area (Å²) in [5.74, 6) is -0.276. The maximum Gasteiger partial charge on any atom is 0.126 e. The third-order valence-electron chi connectivity index (χ3n) is 2.60. The Balaban J connectivity index is 2.17. The van der Waals surface area contributed by atoms with E-state index in [-0.39, 0.29) is 12.2 Å². The van der Waals surface area contributed by atoms with Crippen LogP contribution in [0.2, 0.25) is 0 Å². The van der Waals surface area contributed by atoms with Crippen molar-refractivity contribution in [1.29, 1.82) is 0 Å². The second-order valence-corrected chi connectivity index (χ2v) is 4.78. The van der Waals surface area contributed by atoms with Crippen molar-refractivity contribution in [3.63, 3.8) is 0 Å². The monoisotopic (exact) mass is 294 g/mol. The Hall–Kier alpha value is -1.19. The second kappa shape index (κ2) is 5.43. The van der Waals surface area contributed by atoms with Gasteiger partial charge in [-0.3, -0.25) is 0 Å². The molecule has 1 N–H and O–H groups in total. The van der Waals surface area contributed by atoms with Crippen LogP contribution in [0.25, 0.3) is 0 Å². The highest BCUT2D eigenvalue weighted by atomic mass is 79.9. The van der Waals surface area contributed by atoms with Gasteiger partial charge < -0.3 is 5.11 Å². The second-order valence-electron chi connectivity index (χ2n) is 3.87. The van der Waals surface area contributed by atoms with Gasteiger partial charge in [0.15, 0.2) is 0 Å². The number of aliphatic hydroxyl groups excluding tert-OH is 1. The largest absolute Gasteiger partial charge is 0.388 e. The van der Waals surface area contributed by atoms with Gasteiger partial charge in [-0.05, 0) is 29.3 Å². The van der Waals surface area contributed by atoms with Crippen LogP contribution < -0.4 is 0 Å². The Morgan fingerprint density at radius 3 is 2.59 bits per heavy atom. The van der Waals surface area contributed by atoms with E-state index in [9.17, 15) is 9.50 Å². The SMILES string of the molecule is OC(Cc1ccccc1F)c1cccc(Br)c1. The molecule has 17 heavy (non-hydrogen) atoms. The van der Waals surface area contributed by atoms with E-state index in [0.717, 1.165) is 10.0 Å². The Labute approximate surface area is 108 Å². The molecule has 3 heteroatoms. The highest BCUT2D eigenvalue weighted by molar-refractivity contribution is 9.10. The third kappa shape index (κ3) is 3.14. The van der Waals surface area contributed by atoms with Crippen LogP contribution in [0.3, 0.4) is 0 Å². The van der Waals surface area contributed by atoms with Gasteiger partial charge in [-0.25, -0.2) is 4.39 Å². The van der Waals surface area contributed by atoms with Crippen molar-refractivity contribution in [1.82, 2.24) is 0 Å². The first-order valence-corrected chi connectivity index (χ1v) is 6.13. The zero-order valence-electron chi connectivity index (χ0n) is 9.11. The molecule has 0 aromatic heterocycles. The van der Waals surface area contributed by atoms with E-state index in [1.54, 1.807) is 18.2 Å². The lowest BCUT2D eigenvalue weighted by Crippen LogP contribution is -2.03. The molecule has 0 amide bonds. The molecule has 2 aromatic carbocycles. The Morgan fingerprint density at radius 2 is 1.88 bits per heavy atom. The van der Waals surface area contributed by atoms with E-state index in [1.807, 2.05) is 24.3 Å². The molecule has 2 rings (SSSR count). The van der Waals surface area contributed by atoms with Gasteiger partial charge in [-0.2, -0.15) is 0 Å². The fourth-order valence-electron chi connectivity index (χ4n) is 1.70. The molecule has 2 aromatic rings. The molecule has 0 spiro atoms. The van der Waals surface area contributed by atoms with Gasteiger partial charge in [-0.15, -0.1) is 0 Å². The van der Waals surface area contributed by atoms with Crippen LogP contribution in [-0.4, -0.2) is 5.11 Å². The molecule has 0 aliphatic rings. The van der Waals surface area contributed by atoms with Gasteiger partial charge in [0, 0.05) is 10.9 Å². The fraction of sp³-hybridized carbons (Fsp3) is 0.143. The van der Waals surface area contributed by atoms with Gasteiger partial charge in [0.05, 0.1) is 6.10 Å². The van der Waals surface area contributed by atoms with E-state index in [4.69, 9.17) is 0 Å². The van der Waals surface area contributed by atoms with Crippen LogP contribution in [0.15, 0.2) is 53.0 Å². The number of aliphatic hydroxyl groups is 1. The molecule has 0 fully saturated rings. The van der Waals surface area contributed by atoms with E-state index < -0.39 is 6.10 Å². The molecule has 1 atom stereocenters. The maximum atomic E-state index is 13.4. The van der Waals surface area contributed by atoms with Crippen molar-refractivity contribution in [3.05, 3.63) is 69.9 Å². The number of halogens is 2. The van der Waals surface area contributed by atoms with Crippen molar-refractivity contribution in [2.45, 2.75) is 12.5 Å². The van der Waals surface area contributed by atoms with Gasteiger partial charge in [0.2, 0.25) is 0 Å². The maximum absolute atomic E-state index is 13.4. The van der Waals surface area contributed by atoms with Crippen LogP contribution in [0.1, 0.15) is 17.2 Å². The normalized spacial score (nSPS) is 12.4. The van der Waals surface area contributed by atoms with Crippen molar-refractivity contribution in [3.8, 4) is 0 Å². The lowest BCUT2D eigenvalue weighted by atomic mass is 10.0. The van der Waals surface area contributed by atoms with Crippen molar-refractivity contribution < 1.29 is 9.50 Å². The zero-order valence-corrected chi connectivity index (χ0v) is 10.7. The van der Waals surface area contributed by atoms with Gasteiger partial charge >= 0.3 is 0 Å². The molecule has 0 bridgehead atoms. The Bertz CT molecular complexity index is 513. The smallest absolute Gasteiger partial charge is 0.126 e. The minimum absolute atomic E-state index is 0.276. The van der Waals surface area contributed by atoms with Gasteiger partial charge in [0.25, 0.3) is 0 Å². The first-order chi connectivity index (χ1) is 8.16. The van der Waals surface area contributed by atoms with Crippen molar-refractivity contribution >= 4 is 15.9 Å². The number of hydrogen-bond acceptors (Lipinski definition) is 1. The van der Waals surface area contributed by atoms with Crippen molar-refractivity contribution in [2.75, 3.05) is 0 Å². The van der Waals surface area contributed by atoms with Crippen molar-refractivity contribution in [2.24, 2.45) is 0 Å². The Kier molecular flexibility index (Phi) is 3.92. The van der Waals surface area contributed by atoms with Crippen LogP contribution in [0.4, 0.5) is 4.39 Å². The molecule has 0 saturated carbocycles. The summed E-state index contributed by atoms with van der Waals surface area (Å²) in [6.07, 6.45) is -0.409. The van der Waals surface area contributed by atoms with Gasteiger partial charge in [0.1, 0.15) is 5.82 Å². The summed E-state index contributed by atoms with van der Waals surface area (Å²) in [5, 5.41) is 10.0. The summed E-state index contributed by atoms with van der Waals surface area (Å²) in [4.78, 5) is 0. The molecular weight excluding hydrogens is 283 g/mol. The van der Waals surface area contributed by atoms with E-state index >= 15 is 0 Å². The van der Waals surface area contributed by atoms with Gasteiger partial charge in [-0.1, -0.05) is 46.3 Å². The summed E-state index contributed by atoms with van der Waals surface area (Å²) >= 11 is 3.35. The van der Waals surface area contributed by atoms with E-state index in [1.165, 1.54) is 6.07 Å². The number of hydrogen-bond donors (Lipinski definition) is 1. The topological polar surface area (TPSA) is 20.2 Å². The van der Waals surface area contributed by atoms with Crippen LogP contribution >= 0.6 is 15.9 Å². The summed E-state index contributed by atoms with van der Waals surface area (Å²) in [6.45, 7) is 0. The molecule has 0 aliphatic heterocycles. The average Bonchev–Trinajstić information content (AvgIpc) is 2.32. The van der Waals surface area contributed by atoms with Crippen LogP contribution in [-0.2, 0) is 6.42 Å². The number of rotatable bonds is 3. The highest BCUT2D eigenvalue weighted by Gasteiger charge is 2.11. The molecule has 0 heterocycles.